The van der Waals surface area contributed by atoms with Gasteiger partial charge in [-0.2, -0.15) is 0 Å². The molecule has 0 aromatic carbocycles. The largest absolute Gasteiger partial charge is 0.478 e. The molecule has 6 heteroatoms. The molecule has 0 aliphatic carbocycles. The van der Waals surface area contributed by atoms with E-state index in [0.29, 0.717) is 18.4 Å². The Bertz CT molecular complexity index is 424. The molecule has 0 aliphatic heterocycles. The number of aromatic carboxylic acids is 1. The first-order valence-corrected chi connectivity index (χ1v) is 6.13. The number of aromatic nitrogens is 1. The summed E-state index contributed by atoms with van der Waals surface area (Å²) in [6.45, 7) is 5.61. The zero-order valence-electron chi connectivity index (χ0n) is 10.8. The van der Waals surface area contributed by atoms with E-state index in [2.05, 4.69) is 29.0 Å². The Kier molecular flexibility index (Phi) is 5.37. The number of pyridine rings is 1. The quantitative estimate of drug-likeness (QED) is 0.777. The van der Waals surface area contributed by atoms with Crippen molar-refractivity contribution in [3.05, 3.63) is 22.8 Å². The van der Waals surface area contributed by atoms with Crippen LogP contribution in [0.2, 0.25) is 5.15 Å². The van der Waals surface area contributed by atoms with Crippen molar-refractivity contribution in [3.8, 4) is 0 Å². The molecule has 0 spiro atoms. The molecule has 0 fully saturated rings. The highest BCUT2D eigenvalue weighted by atomic mass is 35.5. The van der Waals surface area contributed by atoms with Crippen molar-refractivity contribution in [2.24, 2.45) is 0 Å². The second kappa shape index (κ2) is 6.56. The van der Waals surface area contributed by atoms with Crippen LogP contribution in [0.1, 0.15) is 24.2 Å². The number of carboxylic acid groups (broad SMARTS) is 1. The van der Waals surface area contributed by atoms with E-state index in [1.165, 1.54) is 12.1 Å². The molecule has 0 radical (unpaired) electrons. The van der Waals surface area contributed by atoms with Crippen molar-refractivity contribution in [2.45, 2.75) is 19.9 Å². The lowest BCUT2D eigenvalue weighted by Crippen LogP contribution is -2.31. The van der Waals surface area contributed by atoms with Crippen LogP contribution in [0.4, 0.5) is 5.82 Å². The monoisotopic (exact) mass is 271 g/mol. The standard InChI is InChI=1S/C12H18ClN3O2/c1-8(2)16(3)7-6-14-11-9(12(17)18)4-5-10(13)15-11/h4-5,8H,6-7H2,1-3H3,(H,14,15)(H,17,18). The molecule has 0 amide bonds. The van der Waals surface area contributed by atoms with Gasteiger partial charge in [-0.05, 0) is 33.0 Å². The second-order valence-electron chi connectivity index (χ2n) is 4.34. The summed E-state index contributed by atoms with van der Waals surface area (Å²) in [4.78, 5) is 17.1. The molecule has 5 nitrogen and oxygen atoms in total. The molecule has 100 valence electrons. The van der Waals surface area contributed by atoms with E-state index in [1.54, 1.807) is 0 Å². The first-order valence-electron chi connectivity index (χ1n) is 5.75. The predicted molar refractivity (Wildman–Crippen MR) is 72.5 cm³/mol. The van der Waals surface area contributed by atoms with Gasteiger partial charge < -0.3 is 15.3 Å². The molecule has 0 saturated carbocycles. The Balaban J connectivity index is 2.66. The summed E-state index contributed by atoms with van der Waals surface area (Å²) in [7, 11) is 2.01. The maximum absolute atomic E-state index is 11.0. The number of carbonyl (C=O) groups is 1. The average Bonchev–Trinajstić information content (AvgIpc) is 2.28. The van der Waals surface area contributed by atoms with Crippen molar-refractivity contribution >= 4 is 23.4 Å². The van der Waals surface area contributed by atoms with Gasteiger partial charge in [0.2, 0.25) is 0 Å². The number of hydrogen-bond acceptors (Lipinski definition) is 4. The SMILES string of the molecule is CC(C)N(C)CCNc1nc(Cl)ccc1C(=O)O. The zero-order chi connectivity index (χ0) is 13.7. The predicted octanol–water partition coefficient (Wildman–Crippen LogP) is 2.19. The summed E-state index contributed by atoms with van der Waals surface area (Å²) >= 11 is 5.76. The third-order valence-corrected chi connectivity index (χ3v) is 2.94. The van der Waals surface area contributed by atoms with E-state index in [-0.39, 0.29) is 10.7 Å². The topological polar surface area (TPSA) is 65.5 Å². The molecule has 1 aromatic heterocycles. The highest BCUT2D eigenvalue weighted by Crippen LogP contribution is 2.16. The fourth-order valence-corrected chi connectivity index (χ4v) is 1.50. The van der Waals surface area contributed by atoms with E-state index >= 15 is 0 Å². The lowest BCUT2D eigenvalue weighted by molar-refractivity contribution is 0.0697. The van der Waals surface area contributed by atoms with Crippen molar-refractivity contribution < 1.29 is 9.90 Å². The highest BCUT2D eigenvalue weighted by molar-refractivity contribution is 6.29. The number of nitrogens with zero attached hydrogens (tertiary/aromatic N) is 2. The van der Waals surface area contributed by atoms with Gasteiger partial charge in [-0.15, -0.1) is 0 Å². The minimum absolute atomic E-state index is 0.131. The number of rotatable bonds is 6. The van der Waals surface area contributed by atoms with Crippen molar-refractivity contribution in [1.82, 2.24) is 9.88 Å². The Morgan fingerprint density at radius 1 is 1.56 bits per heavy atom. The van der Waals surface area contributed by atoms with Gasteiger partial charge in [0.1, 0.15) is 16.5 Å². The van der Waals surface area contributed by atoms with Gasteiger partial charge in [-0.3, -0.25) is 0 Å². The molecule has 18 heavy (non-hydrogen) atoms. The Hall–Kier alpha value is -1.33. The number of carboxylic acids is 1. The molecule has 2 N–H and O–H groups in total. The summed E-state index contributed by atoms with van der Waals surface area (Å²) < 4.78 is 0. The van der Waals surface area contributed by atoms with Gasteiger partial charge >= 0.3 is 5.97 Å². The lowest BCUT2D eigenvalue weighted by atomic mass is 10.2. The summed E-state index contributed by atoms with van der Waals surface area (Å²) in [5, 5.41) is 12.3. The van der Waals surface area contributed by atoms with Gasteiger partial charge in [0.25, 0.3) is 0 Å². The van der Waals surface area contributed by atoms with Gasteiger partial charge in [0, 0.05) is 19.1 Å². The van der Waals surface area contributed by atoms with Gasteiger partial charge in [0.15, 0.2) is 0 Å². The highest BCUT2D eigenvalue weighted by Gasteiger charge is 2.12. The van der Waals surface area contributed by atoms with Crippen LogP contribution < -0.4 is 5.32 Å². The van der Waals surface area contributed by atoms with Gasteiger partial charge in [-0.1, -0.05) is 11.6 Å². The van der Waals surface area contributed by atoms with E-state index in [0.717, 1.165) is 6.54 Å². The average molecular weight is 272 g/mol. The van der Waals surface area contributed by atoms with E-state index in [4.69, 9.17) is 16.7 Å². The van der Waals surface area contributed by atoms with Crippen molar-refractivity contribution in [3.63, 3.8) is 0 Å². The first kappa shape index (κ1) is 14.7. The number of anilines is 1. The maximum atomic E-state index is 11.0. The van der Waals surface area contributed by atoms with Crippen molar-refractivity contribution in [1.29, 1.82) is 0 Å². The summed E-state index contributed by atoms with van der Waals surface area (Å²) in [6, 6.07) is 3.36. The second-order valence-corrected chi connectivity index (χ2v) is 4.72. The molecule has 0 bridgehead atoms. The Morgan fingerprint density at radius 3 is 2.78 bits per heavy atom. The smallest absolute Gasteiger partial charge is 0.339 e. The summed E-state index contributed by atoms with van der Waals surface area (Å²) in [5.41, 5.74) is 0.131. The van der Waals surface area contributed by atoms with Crippen LogP contribution in [0.3, 0.4) is 0 Å². The Labute approximate surface area is 112 Å². The molecule has 0 saturated heterocycles. The maximum Gasteiger partial charge on any atom is 0.339 e. The molecule has 1 aromatic rings. The molecular formula is C12H18ClN3O2. The fraction of sp³-hybridized carbons (Fsp3) is 0.500. The molecule has 1 rings (SSSR count). The zero-order valence-corrected chi connectivity index (χ0v) is 11.5. The first-order chi connectivity index (χ1) is 8.41. The van der Waals surface area contributed by atoms with Crippen LogP contribution in [-0.2, 0) is 0 Å². The Morgan fingerprint density at radius 2 is 2.22 bits per heavy atom. The number of nitrogens with one attached hydrogen (secondary N) is 1. The molecule has 0 aliphatic rings. The van der Waals surface area contributed by atoms with Crippen LogP contribution in [-0.4, -0.2) is 47.1 Å². The van der Waals surface area contributed by atoms with Gasteiger partial charge in [0.05, 0.1) is 0 Å². The lowest BCUT2D eigenvalue weighted by Gasteiger charge is -2.21. The van der Waals surface area contributed by atoms with Crippen LogP contribution >= 0.6 is 11.6 Å². The molecule has 0 atom stereocenters. The number of likely N-dealkylation sites (N-methyl/N-ethyl adjacent to an activating group) is 1. The normalized spacial score (nSPS) is 11.0. The van der Waals surface area contributed by atoms with Gasteiger partial charge in [-0.25, -0.2) is 9.78 Å². The third kappa shape index (κ3) is 4.16. The minimum Gasteiger partial charge on any atom is -0.478 e. The van der Waals surface area contributed by atoms with Crippen LogP contribution in [0.25, 0.3) is 0 Å². The minimum atomic E-state index is -1.01. The molecule has 0 unspecified atom stereocenters. The van der Waals surface area contributed by atoms with E-state index in [1.807, 2.05) is 7.05 Å². The summed E-state index contributed by atoms with van der Waals surface area (Å²) in [5.74, 6) is -0.703. The van der Waals surface area contributed by atoms with Crippen LogP contribution in [0.15, 0.2) is 12.1 Å². The van der Waals surface area contributed by atoms with Crippen LogP contribution in [0.5, 0.6) is 0 Å². The number of hydrogen-bond donors (Lipinski definition) is 2. The van der Waals surface area contributed by atoms with Crippen molar-refractivity contribution in [2.75, 3.05) is 25.5 Å². The van der Waals surface area contributed by atoms with E-state index in [9.17, 15) is 4.79 Å². The molecule has 1 heterocycles. The van der Waals surface area contributed by atoms with Crippen LogP contribution in [0, 0.1) is 0 Å². The molecular weight excluding hydrogens is 254 g/mol. The third-order valence-electron chi connectivity index (χ3n) is 2.73. The number of halogens is 1. The summed E-state index contributed by atoms with van der Waals surface area (Å²) in [6.07, 6.45) is 0. The van der Waals surface area contributed by atoms with E-state index < -0.39 is 5.97 Å². The fourth-order valence-electron chi connectivity index (χ4n) is 1.35.